The molecule has 1 saturated carbocycles. The fourth-order valence-corrected chi connectivity index (χ4v) is 2.10. The second kappa shape index (κ2) is 2.56. The molecule has 0 spiro atoms. The third kappa shape index (κ3) is 1.05. The summed E-state index contributed by atoms with van der Waals surface area (Å²) in [5.74, 6) is 0.936. The van der Waals surface area contributed by atoms with Crippen molar-refractivity contribution in [3.8, 4) is 0 Å². The molecule has 2 atom stereocenters. The Labute approximate surface area is 81.5 Å². The van der Waals surface area contributed by atoms with Crippen molar-refractivity contribution in [2.24, 2.45) is 18.9 Å². The van der Waals surface area contributed by atoms with Crippen LogP contribution >= 0.6 is 0 Å². The Morgan fingerprint density at radius 3 is 2.86 bits per heavy atom. The summed E-state index contributed by atoms with van der Waals surface area (Å²) in [4.78, 5) is 12.9. The minimum Gasteiger partial charge on any atom is -0.346 e. The van der Waals surface area contributed by atoms with E-state index in [1.165, 1.54) is 17.6 Å². The van der Waals surface area contributed by atoms with Gasteiger partial charge in [0.1, 0.15) is 5.69 Å². The molecule has 1 aromatic heterocycles. The van der Waals surface area contributed by atoms with Gasteiger partial charge in [-0.25, -0.2) is 0 Å². The Balaban J connectivity index is 1.82. The molecular formula is C9H12N4O. The topological polar surface area (TPSA) is 59.8 Å². The van der Waals surface area contributed by atoms with Crippen molar-refractivity contribution in [3.05, 3.63) is 11.9 Å². The molecule has 14 heavy (non-hydrogen) atoms. The molecule has 5 nitrogen and oxygen atoms in total. The van der Waals surface area contributed by atoms with Gasteiger partial charge in [0.15, 0.2) is 0 Å². The van der Waals surface area contributed by atoms with Crippen LogP contribution in [-0.4, -0.2) is 20.9 Å². The second-order valence-electron chi connectivity index (χ2n) is 4.11. The van der Waals surface area contributed by atoms with Gasteiger partial charge in [0.2, 0.25) is 5.91 Å². The lowest BCUT2D eigenvalue weighted by atomic mass is 9.84. The van der Waals surface area contributed by atoms with Crippen molar-refractivity contribution in [3.63, 3.8) is 0 Å². The van der Waals surface area contributed by atoms with E-state index in [1.54, 1.807) is 13.2 Å². The van der Waals surface area contributed by atoms with E-state index in [-0.39, 0.29) is 17.9 Å². The van der Waals surface area contributed by atoms with E-state index in [2.05, 4.69) is 15.5 Å². The van der Waals surface area contributed by atoms with Gasteiger partial charge in [-0.3, -0.25) is 4.79 Å². The first-order chi connectivity index (χ1) is 6.75. The fraction of sp³-hybridized carbons (Fsp3) is 0.667. The molecule has 1 N–H and O–H groups in total. The van der Waals surface area contributed by atoms with E-state index < -0.39 is 0 Å². The molecule has 0 radical (unpaired) electrons. The number of carbonyl (C=O) groups excluding carboxylic acids is 1. The van der Waals surface area contributed by atoms with Crippen molar-refractivity contribution >= 4 is 5.91 Å². The van der Waals surface area contributed by atoms with E-state index in [4.69, 9.17) is 0 Å². The first kappa shape index (κ1) is 7.96. The van der Waals surface area contributed by atoms with Crippen molar-refractivity contribution in [2.75, 3.05) is 0 Å². The molecular weight excluding hydrogens is 180 g/mol. The summed E-state index contributed by atoms with van der Waals surface area (Å²) in [7, 11) is 1.79. The highest BCUT2D eigenvalue weighted by Gasteiger charge is 2.50. The van der Waals surface area contributed by atoms with E-state index in [0.717, 1.165) is 5.69 Å². The highest BCUT2D eigenvalue weighted by atomic mass is 16.2. The lowest BCUT2D eigenvalue weighted by molar-refractivity contribution is -0.136. The Morgan fingerprint density at radius 2 is 2.36 bits per heavy atom. The monoisotopic (exact) mass is 192 g/mol. The van der Waals surface area contributed by atoms with Crippen molar-refractivity contribution in [1.82, 2.24) is 20.3 Å². The van der Waals surface area contributed by atoms with E-state index in [0.29, 0.717) is 5.92 Å². The van der Waals surface area contributed by atoms with Crippen molar-refractivity contribution in [1.29, 1.82) is 0 Å². The standard InChI is InChI=1S/C9H12N4O/c1-13-10-4-6(12-13)8-7(5-2-3-5)9(14)11-8/h4-5,7-8H,2-3H2,1H3,(H,11,14). The fourth-order valence-electron chi connectivity index (χ4n) is 2.10. The predicted octanol–water partition coefficient (Wildman–Crippen LogP) is 0.0122. The molecule has 1 aliphatic heterocycles. The number of β-lactam (4-membered cyclic amide) rings is 1. The maximum Gasteiger partial charge on any atom is 0.226 e. The molecule has 3 rings (SSSR count). The first-order valence-electron chi connectivity index (χ1n) is 4.92. The van der Waals surface area contributed by atoms with Gasteiger partial charge < -0.3 is 5.32 Å². The van der Waals surface area contributed by atoms with Gasteiger partial charge in [-0.15, -0.1) is 0 Å². The summed E-state index contributed by atoms with van der Waals surface area (Å²) in [6.45, 7) is 0. The summed E-state index contributed by atoms with van der Waals surface area (Å²) in [5, 5.41) is 11.1. The number of aromatic nitrogens is 3. The van der Waals surface area contributed by atoms with Crippen LogP contribution in [0, 0.1) is 11.8 Å². The largest absolute Gasteiger partial charge is 0.346 e. The Hall–Kier alpha value is -1.39. The Bertz CT molecular complexity index is 382. The molecule has 0 bridgehead atoms. The molecule has 1 aliphatic carbocycles. The number of carbonyl (C=O) groups is 1. The molecule has 2 aliphatic rings. The summed E-state index contributed by atoms with van der Waals surface area (Å²) in [5.41, 5.74) is 0.893. The van der Waals surface area contributed by atoms with Gasteiger partial charge in [-0.05, 0) is 18.8 Å². The number of nitrogens with one attached hydrogen (secondary N) is 1. The van der Waals surface area contributed by atoms with Crippen LogP contribution in [0.4, 0.5) is 0 Å². The van der Waals surface area contributed by atoms with Gasteiger partial charge in [0, 0.05) is 7.05 Å². The highest BCUT2D eigenvalue weighted by molar-refractivity contribution is 5.86. The van der Waals surface area contributed by atoms with Gasteiger partial charge in [0.25, 0.3) is 0 Å². The van der Waals surface area contributed by atoms with E-state index in [9.17, 15) is 4.79 Å². The first-order valence-corrected chi connectivity index (χ1v) is 4.92. The van der Waals surface area contributed by atoms with Gasteiger partial charge in [0.05, 0.1) is 18.2 Å². The third-order valence-electron chi connectivity index (χ3n) is 3.03. The zero-order chi connectivity index (χ0) is 9.71. The number of hydrogen-bond donors (Lipinski definition) is 1. The van der Waals surface area contributed by atoms with Crippen LogP contribution in [0.1, 0.15) is 24.6 Å². The van der Waals surface area contributed by atoms with Crippen LogP contribution in [-0.2, 0) is 11.8 Å². The molecule has 1 saturated heterocycles. The molecule has 1 aromatic rings. The molecule has 0 aromatic carbocycles. The second-order valence-corrected chi connectivity index (χ2v) is 4.11. The summed E-state index contributed by atoms with van der Waals surface area (Å²) < 4.78 is 0. The molecule has 74 valence electrons. The minimum absolute atomic E-state index is 0.115. The summed E-state index contributed by atoms with van der Waals surface area (Å²) in [6.07, 6.45) is 4.11. The number of hydrogen-bond acceptors (Lipinski definition) is 3. The quantitative estimate of drug-likeness (QED) is 0.671. The lowest BCUT2D eigenvalue weighted by Gasteiger charge is -2.35. The molecule has 2 unspecified atom stereocenters. The van der Waals surface area contributed by atoms with Crippen LogP contribution < -0.4 is 5.32 Å². The smallest absolute Gasteiger partial charge is 0.226 e. The average Bonchev–Trinajstić information content (AvgIpc) is 2.84. The van der Waals surface area contributed by atoms with E-state index in [1.807, 2.05) is 0 Å². The van der Waals surface area contributed by atoms with Crippen LogP contribution in [0.15, 0.2) is 6.20 Å². The van der Waals surface area contributed by atoms with Gasteiger partial charge in [-0.2, -0.15) is 15.0 Å². The zero-order valence-electron chi connectivity index (χ0n) is 7.97. The summed E-state index contributed by atoms with van der Waals surface area (Å²) in [6, 6.07) is 0.115. The van der Waals surface area contributed by atoms with Gasteiger partial charge >= 0.3 is 0 Å². The SMILES string of the molecule is Cn1ncc(C2NC(=O)C2C2CC2)n1. The molecule has 2 fully saturated rings. The Kier molecular flexibility index (Phi) is 1.45. The molecule has 2 heterocycles. The Morgan fingerprint density at radius 1 is 1.57 bits per heavy atom. The van der Waals surface area contributed by atoms with Crippen LogP contribution in [0.2, 0.25) is 0 Å². The maximum atomic E-state index is 11.3. The van der Waals surface area contributed by atoms with Crippen molar-refractivity contribution in [2.45, 2.75) is 18.9 Å². The number of nitrogens with zero attached hydrogens (tertiary/aromatic N) is 3. The van der Waals surface area contributed by atoms with E-state index >= 15 is 0 Å². The number of aryl methyl sites for hydroxylation is 1. The van der Waals surface area contributed by atoms with Crippen LogP contribution in [0.25, 0.3) is 0 Å². The lowest BCUT2D eigenvalue weighted by Crippen LogP contribution is -2.52. The third-order valence-corrected chi connectivity index (χ3v) is 3.03. The van der Waals surface area contributed by atoms with Crippen LogP contribution in [0.5, 0.6) is 0 Å². The highest BCUT2D eigenvalue weighted by Crippen LogP contribution is 2.46. The van der Waals surface area contributed by atoms with Crippen LogP contribution in [0.3, 0.4) is 0 Å². The number of rotatable bonds is 2. The number of amides is 1. The van der Waals surface area contributed by atoms with Crippen molar-refractivity contribution < 1.29 is 4.79 Å². The predicted molar refractivity (Wildman–Crippen MR) is 48.1 cm³/mol. The summed E-state index contributed by atoms with van der Waals surface area (Å²) >= 11 is 0. The normalized spacial score (nSPS) is 31.1. The zero-order valence-corrected chi connectivity index (χ0v) is 7.97. The molecule has 5 heteroatoms. The maximum absolute atomic E-state index is 11.3. The molecule has 1 amide bonds. The van der Waals surface area contributed by atoms with Gasteiger partial charge in [-0.1, -0.05) is 0 Å². The average molecular weight is 192 g/mol. The minimum atomic E-state index is 0.115.